The van der Waals surface area contributed by atoms with E-state index in [1.54, 1.807) is 6.92 Å². The number of hydrogen-bond donors (Lipinski definition) is 1. The van der Waals surface area contributed by atoms with Crippen LogP contribution in [0.15, 0.2) is 17.6 Å². The topological polar surface area (TPSA) is 41.5 Å². The predicted octanol–water partition coefficient (Wildman–Crippen LogP) is 7.58. The average Bonchev–Trinajstić information content (AvgIpc) is 3.21. The molecule has 0 aromatic heterocycles. The Morgan fingerprint density at radius 3 is 1.85 bits per heavy atom. The Balaban J connectivity index is 1.90. The molecule has 0 radical (unpaired) electrons. The number of carbonyl (C=O) groups is 1. The van der Waals surface area contributed by atoms with E-state index in [1.165, 1.54) is 116 Å². The summed E-state index contributed by atoms with van der Waals surface area (Å²) in [5.74, 6) is 0.0713. The third-order valence-corrected chi connectivity index (χ3v) is 7.54. The van der Waals surface area contributed by atoms with Crippen molar-refractivity contribution in [1.29, 1.82) is 0 Å². The van der Waals surface area contributed by atoms with E-state index in [-0.39, 0.29) is 5.91 Å². The Bertz CT molecular complexity index is 519. The molecular formula is C29H56N3O+. The van der Waals surface area contributed by atoms with Gasteiger partial charge in [-0.25, -0.2) is 4.99 Å². The largest absolute Gasteiger partial charge is 0.351 e. The number of carbonyl (C=O) groups excluding carboxylic acids is 1. The second-order valence-electron chi connectivity index (χ2n) is 10.3. The molecule has 4 nitrogen and oxygen atoms in total. The number of amides is 1. The van der Waals surface area contributed by atoms with Gasteiger partial charge in [0.05, 0.1) is 25.8 Å². The Kier molecular flexibility index (Phi) is 18.3. The number of nitrogens with one attached hydrogen (secondary N) is 1. The van der Waals surface area contributed by atoms with Gasteiger partial charge in [0.25, 0.3) is 0 Å². The number of allylic oxidation sites excluding steroid dienone is 1. The van der Waals surface area contributed by atoms with Crippen LogP contribution in [0.25, 0.3) is 0 Å². The quantitative estimate of drug-likeness (QED) is 0.0949. The van der Waals surface area contributed by atoms with Crippen LogP contribution in [-0.4, -0.2) is 48.9 Å². The smallest absolute Gasteiger partial charge is 0.217 e. The van der Waals surface area contributed by atoms with Gasteiger partial charge in [-0.15, -0.1) is 6.58 Å². The minimum Gasteiger partial charge on any atom is -0.351 e. The Hall–Kier alpha value is -1.16. The number of likely N-dealkylation sites (N-methyl/N-ethyl adjacent to an activating group) is 1. The van der Waals surface area contributed by atoms with E-state index >= 15 is 0 Å². The number of quaternary nitrogens is 1. The summed E-state index contributed by atoms with van der Waals surface area (Å²) in [4.78, 5) is 16.0. The highest BCUT2D eigenvalue weighted by Gasteiger charge is 2.37. The Morgan fingerprint density at radius 2 is 1.39 bits per heavy atom. The molecule has 1 amide bonds. The lowest BCUT2D eigenvalue weighted by Crippen LogP contribution is -2.55. The zero-order valence-corrected chi connectivity index (χ0v) is 22.3. The minimum atomic E-state index is 0.0713. The molecule has 1 N–H and O–H groups in total. The van der Waals surface area contributed by atoms with Crippen molar-refractivity contribution in [2.75, 3.05) is 26.2 Å². The molecule has 1 heterocycles. The van der Waals surface area contributed by atoms with Gasteiger partial charge in [-0.3, -0.25) is 9.28 Å². The molecular weight excluding hydrogens is 406 g/mol. The SMILES string of the molecule is C=CCCCCCCCCCCCCCCCCCCC1N=CC[N+]1(CC)CCNC(C)=O. The molecule has 0 spiro atoms. The molecule has 0 aromatic carbocycles. The number of unbranched alkanes of at least 4 members (excludes halogenated alkanes) is 16. The predicted molar refractivity (Wildman–Crippen MR) is 145 cm³/mol. The van der Waals surface area contributed by atoms with E-state index in [0.29, 0.717) is 6.17 Å². The first-order chi connectivity index (χ1) is 16.1. The third kappa shape index (κ3) is 14.7. The van der Waals surface area contributed by atoms with Crippen molar-refractivity contribution in [3.63, 3.8) is 0 Å². The number of hydrogen-bond acceptors (Lipinski definition) is 2. The molecule has 33 heavy (non-hydrogen) atoms. The second kappa shape index (κ2) is 20.2. The fourth-order valence-corrected chi connectivity index (χ4v) is 5.23. The van der Waals surface area contributed by atoms with Crippen LogP contribution < -0.4 is 5.32 Å². The maximum absolute atomic E-state index is 11.2. The Morgan fingerprint density at radius 1 is 0.909 bits per heavy atom. The summed E-state index contributed by atoms with van der Waals surface area (Å²) >= 11 is 0. The minimum absolute atomic E-state index is 0.0713. The summed E-state index contributed by atoms with van der Waals surface area (Å²) in [6.07, 6.45) is 29.4. The molecule has 0 saturated heterocycles. The third-order valence-electron chi connectivity index (χ3n) is 7.54. The highest BCUT2D eigenvalue weighted by atomic mass is 16.1. The van der Waals surface area contributed by atoms with Crippen LogP contribution in [0, 0.1) is 0 Å². The van der Waals surface area contributed by atoms with E-state index in [2.05, 4.69) is 25.0 Å². The van der Waals surface area contributed by atoms with E-state index in [4.69, 9.17) is 4.99 Å². The first-order valence-electron chi connectivity index (χ1n) is 14.4. The lowest BCUT2D eigenvalue weighted by Gasteiger charge is -2.38. The van der Waals surface area contributed by atoms with Crippen molar-refractivity contribution in [3.05, 3.63) is 12.7 Å². The van der Waals surface area contributed by atoms with Crippen molar-refractivity contribution in [1.82, 2.24) is 5.32 Å². The second-order valence-corrected chi connectivity index (χ2v) is 10.3. The first-order valence-corrected chi connectivity index (χ1v) is 14.4. The van der Waals surface area contributed by atoms with E-state index in [9.17, 15) is 4.79 Å². The molecule has 0 bridgehead atoms. The number of aliphatic imine (C=N–C) groups is 1. The molecule has 1 rings (SSSR count). The fourth-order valence-electron chi connectivity index (χ4n) is 5.23. The van der Waals surface area contributed by atoms with Crippen LogP contribution in [0.5, 0.6) is 0 Å². The highest BCUT2D eigenvalue weighted by Crippen LogP contribution is 2.24. The molecule has 2 atom stereocenters. The van der Waals surface area contributed by atoms with Gasteiger partial charge in [-0.1, -0.05) is 96.0 Å². The van der Waals surface area contributed by atoms with Crippen LogP contribution in [0.2, 0.25) is 0 Å². The van der Waals surface area contributed by atoms with Gasteiger partial charge in [-0.2, -0.15) is 0 Å². The van der Waals surface area contributed by atoms with Crippen LogP contribution >= 0.6 is 0 Å². The van der Waals surface area contributed by atoms with Gasteiger partial charge >= 0.3 is 0 Å². The molecule has 1 aliphatic rings. The molecule has 1 aliphatic heterocycles. The lowest BCUT2D eigenvalue weighted by molar-refractivity contribution is -0.935. The van der Waals surface area contributed by atoms with Gasteiger partial charge in [0.1, 0.15) is 6.54 Å². The van der Waals surface area contributed by atoms with Crippen molar-refractivity contribution < 1.29 is 9.28 Å². The van der Waals surface area contributed by atoms with E-state index in [0.717, 1.165) is 30.7 Å². The van der Waals surface area contributed by atoms with Crippen LogP contribution in [0.3, 0.4) is 0 Å². The molecule has 0 aromatic rings. The van der Waals surface area contributed by atoms with E-state index < -0.39 is 0 Å². The van der Waals surface area contributed by atoms with Gasteiger partial charge < -0.3 is 5.32 Å². The maximum Gasteiger partial charge on any atom is 0.217 e. The first kappa shape index (κ1) is 29.9. The Labute approximate surface area is 206 Å². The van der Waals surface area contributed by atoms with Gasteiger partial charge in [0, 0.05) is 13.3 Å². The van der Waals surface area contributed by atoms with Crippen molar-refractivity contribution in [3.8, 4) is 0 Å². The fraction of sp³-hybridized carbons (Fsp3) is 0.862. The molecule has 192 valence electrons. The molecule has 2 unspecified atom stereocenters. The lowest BCUT2D eigenvalue weighted by atomic mass is 10.0. The normalized spacial score (nSPS) is 19.8. The van der Waals surface area contributed by atoms with Crippen LogP contribution in [0.1, 0.15) is 129 Å². The summed E-state index contributed by atoms with van der Waals surface area (Å²) in [5, 5.41) is 2.97. The average molecular weight is 463 g/mol. The van der Waals surface area contributed by atoms with Crippen LogP contribution in [-0.2, 0) is 4.79 Å². The molecule has 0 fully saturated rings. The highest BCUT2D eigenvalue weighted by molar-refractivity contribution is 5.72. The summed E-state index contributed by atoms with van der Waals surface area (Å²) in [5.41, 5.74) is 0. The zero-order valence-electron chi connectivity index (χ0n) is 22.3. The summed E-state index contributed by atoms with van der Waals surface area (Å²) in [6, 6.07) is 0. The van der Waals surface area contributed by atoms with Crippen molar-refractivity contribution >= 4 is 12.1 Å². The number of rotatable bonds is 23. The summed E-state index contributed by atoms with van der Waals surface area (Å²) in [6.45, 7) is 11.5. The van der Waals surface area contributed by atoms with Crippen molar-refractivity contribution in [2.45, 2.75) is 136 Å². The standard InChI is InChI=1S/C29H55N3O/c1-4-6-7-8-9-10-11-12-13-14-15-16-17-18-19-20-21-22-23-29-31-25-27-32(29,5-2)26-24-30-28(3)33/h4,25,29H,1,5-24,26-27H2,2-3H3/p+1. The number of nitrogens with zero attached hydrogens (tertiary/aromatic N) is 2. The summed E-state index contributed by atoms with van der Waals surface area (Å²) in [7, 11) is 0. The monoisotopic (exact) mass is 462 g/mol. The van der Waals surface area contributed by atoms with Crippen LogP contribution in [0.4, 0.5) is 0 Å². The maximum atomic E-state index is 11.2. The summed E-state index contributed by atoms with van der Waals surface area (Å²) < 4.78 is 1.02. The van der Waals surface area contributed by atoms with Gasteiger partial charge in [0.2, 0.25) is 5.91 Å². The van der Waals surface area contributed by atoms with Gasteiger partial charge in [-0.05, 0) is 26.2 Å². The van der Waals surface area contributed by atoms with Gasteiger partial charge in [0.15, 0.2) is 6.17 Å². The van der Waals surface area contributed by atoms with E-state index in [1.807, 2.05) is 6.08 Å². The molecule has 0 saturated carbocycles. The zero-order chi connectivity index (χ0) is 24.0. The molecule has 0 aliphatic carbocycles. The van der Waals surface area contributed by atoms with Crippen molar-refractivity contribution in [2.24, 2.45) is 4.99 Å². The molecule has 4 heteroatoms.